The van der Waals surface area contributed by atoms with Crippen LogP contribution in [0.4, 0.5) is 5.95 Å². The van der Waals surface area contributed by atoms with Crippen LogP contribution in [0.3, 0.4) is 0 Å². The molecule has 6 nitrogen and oxygen atoms in total. The van der Waals surface area contributed by atoms with Gasteiger partial charge in [-0.1, -0.05) is 0 Å². The van der Waals surface area contributed by atoms with Gasteiger partial charge < -0.3 is 10.4 Å². The number of nitrogens with one attached hydrogen (secondary N) is 1. The van der Waals surface area contributed by atoms with E-state index in [2.05, 4.69) is 20.4 Å². The van der Waals surface area contributed by atoms with Gasteiger partial charge in [0.25, 0.3) is 0 Å². The third-order valence-corrected chi connectivity index (χ3v) is 4.82. The van der Waals surface area contributed by atoms with Gasteiger partial charge in [-0.15, -0.1) is 11.3 Å². The minimum atomic E-state index is -0.431. The van der Waals surface area contributed by atoms with E-state index in [1.54, 1.807) is 29.1 Å². The van der Waals surface area contributed by atoms with Crippen LogP contribution in [0.1, 0.15) is 23.8 Å². The summed E-state index contributed by atoms with van der Waals surface area (Å²) in [5.74, 6) is 0.644. The van der Waals surface area contributed by atoms with E-state index in [0.717, 1.165) is 28.7 Å². The van der Waals surface area contributed by atoms with Crippen LogP contribution in [0.15, 0.2) is 6.33 Å². The van der Waals surface area contributed by atoms with E-state index in [1.165, 1.54) is 16.9 Å². The van der Waals surface area contributed by atoms with Crippen LogP contribution < -0.4 is 5.32 Å². The summed E-state index contributed by atoms with van der Waals surface area (Å²) in [7, 11) is 0. The second-order valence-corrected chi connectivity index (χ2v) is 6.28. The molecule has 0 saturated carbocycles. The predicted molar refractivity (Wildman–Crippen MR) is 78.4 cm³/mol. The topological polar surface area (TPSA) is 75.3 Å². The molecule has 0 aliphatic heterocycles. The van der Waals surface area contributed by atoms with E-state index in [0.29, 0.717) is 12.5 Å². The van der Waals surface area contributed by atoms with Crippen LogP contribution in [-0.4, -0.2) is 37.3 Å². The summed E-state index contributed by atoms with van der Waals surface area (Å²) in [5, 5.41) is 18.0. The monoisotopic (exact) mass is 289 g/mol. The number of aliphatic hydroxyl groups excluding tert-OH is 1. The number of aromatic nitrogens is 4. The van der Waals surface area contributed by atoms with Crippen molar-refractivity contribution in [3.05, 3.63) is 16.8 Å². The van der Waals surface area contributed by atoms with Crippen LogP contribution in [0.25, 0.3) is 15.9 Å². The van der Waals surface area contributed by atoms with E-state index < -0.39 is 6.10 Å². The van der Waals surface area contributed by atoms with Gasteiger partial charge >= 0.3 is 0 Å². The molecule has 1 aliphatic rings. The number of hydrogen-bond donors (Lipinski definition) is 2. The number of thiophene rings is 1. The third kappa shape index (κ3) is 1.70. The average molecular weight is 289 g/mol. The maximum absolute atomic E-state index is 9.41. The molecule has 20 heavy (non-hydrogen) atoms. The molecule has 0 bridgehead atoms. The number of rotatable bonds is 3. The smallest absolute Gasteiger partial charge is 0.227 e. The zero-order valence-electron chi connectivity index (χ0n) is 11.1. The highest BCUT2D eigenvalue weighted by atomic mass is 32.1. The Bertz CT molecular complexity index is 791. The Kier molecular flexibility index (Phi) is 2.64. The quantitative estimate of drug-likeness (QED) is 0.766. The number of hydrogen-bond acceptors (Lipinski definition) is 6. The zero-order chi connectivity index (χ0) is 13.7. The summed E-state index contributed by atoms with van der Waals surface area (Å²) in [6.07, 6.45) is 4.61. The maximum atomic E-state index is 9.41. The van der Waals surface area contributed by atoms with E-state index in [-0.39, 0.29) is 0 Å². The van der Waals surface area contributed by atoms with Crippen molar-refractivity contribution in [2.24, 2.45) is 0 Å². The Hall–Kier alpha value is -1.73. The molecule has 0 fully saturated rings. The lowest BCUT2D eigenvalue weighted by Crippen LogP contribution is -2.18. The molecule has 0 radical (unpaired) electrons. The molecule has 2 N–H and O–H groups in total. The Balaban J connectivity index is 1.94. The highest BCUT2D eigenvalue weighted by Gasteiger charge is 2.22. The first-order valence-corrected chi connectivity index (χ1v) is 7.61. The largest absolute Gasteiger partial charge is 0.392 e. The predicted octanol–water partition coefficient (Wildman–Crippen LogP) is 1.62. The van der Waals surface area contributed by atoms with Gasteiger partial charge in [-0.3, -0.25) is 0 Å². The number of anilines is 1. The maximum Gasteiger partial charge on any atom is 0.227 e. The van der Waals surface area contributed by atoms with E-state index in [4.69, 9.17) is 0 Å². The Labute approximate surface area is 119 Å². The van der Waals surface area contributed by atoms with Crippen molar-refractivity contribution < 1.29 is 5.11 Å². The molecule has 4 rings (SSSR count). The molecular formula is C13H15N5OS. The molecule has 104 valence electrons. The summed E-state index contributed by atoms with van der Waals surface area (Å²) >= 11 is 1.76. The molecular weight excluding hydrogens is 274 g/mol. The van der Waals surface area contributed by atoms with Gasteiger partial charge in [-0.2, -0.15) is 9.61 Å². The number of aryl methyl sites for hydroxylation is 2. The van der Waals surface area contributed by atoms with Gasteiger partial charge in [0.2, 0.25) is 5.95 Å². The first-order valence-electron chi connectivity index (χ1n) is 6.80. The van der Waals surface area contributed by atoms with Gasteiger partial charge in [0, 0.05) is 11.4 Å². The van der Waals surface area contributed by atoms with Gasteiger partial charge in [0.05, 0.1) is 11.5 Å². The molecule has 0 aromatic carbocycles. The van der Waals surface area contributed by atoms with Crippen LogP contribution in [0, 0.1) is 0 Å². The highest BCUT2D eigenvalue weighted by molar-refractivity contribution is 7.19. The molecule has 0 unspecified atom stereocenters. The van der Waals surface area contributed by atoms with Crippen LogP contribution in [-0.2, 0) is 12.8 Å². The molecule has 3 heterocycles. The normalized spacial score (nSPS) is 15.9. The lowest BCUT2D eigenvalue weighted by molar-refractivity contribution is 0.208. The summed E-state index contributed by atoms with van der Waals surface area (Å²) in [4.78, 5) is 11.5. The van der Waals surface area contributed by atoms with E-state index in [1.807, 2.05) is 0 Å². The minimum absolute atomic E-state index is 0.431. The highest BCUT2D eigenvalue weighted by Crippen LogP contribution is 2.38. The van der Waals surface area contributed by atoms with Crippen molar-refractivity contribution in [2.75, 3.05) is 11.9 Å². The SMILES string of the molecule is C[C@@H](O)CNc1nc2sc3c(c2c2ncnn12)CCC3. The summed E-state index contributed by atoms with van der Waals surface area (Å²) in [6, 6.07) is 0. The first kappa shape index (κ1) is 12.0. The average Bonchev–Trinajstić information content (AvgIpc) is 3.08. The molecule has 0 saturated heterocycles. The number of aliphatic hydroxyl groups is 1. The fraction of sp³-hybridized carbons (Fsp3) is 0.462. The van der Waals surface area contributed by atoms with Gasteiger partial charge in [0.15, 0.2) is 5.65 Å². The van der Waals surface area contributed by atoms with Crippen molar-refractivity contribution in [2.45, 2.75) is 32.3 Å². The molecule has 0 spiro atoms. The van der Waals surface area contributed by atoms with Crippen LogP contribution in [0.5, 0.6) is 0 Å². The molecule has 1 aliphatic carbocycles. The van der Waals surface area contributed by atoms with Crippen molar-refractivity contribution in [3.8, 4) is 0 Å². The third-order valence-electron chi connectivity index (χ3n) is 3.64. The second-order valence-electron chi connectivity index (χ2n) is 5.20. The molecule has 7 heteroatoms. The zero-order valence-corrected chi connectivity index (χ0v) is 11.9. The van der Waals surface area contributed by atoms with Crippen molar-refractivity contribution in [1.29, 1.82) is 0 Å². The second kappa shape index (κ2) is 4.39. The number of nitrogens with zero attached hydrogens (tertiary/aromatic N) is 4. The standard InChI is InChI=1S/C13H15N5OS/c1-7(19)5-14-13-17-12-10(11-15-6-16-18(11)13)8-3-2-4-9(8)20-12/h6-7,19H,2-5H2,1H3,(H,14,17)/t7-/m1/s1. The lowest BCUT2D eigenvalue weighted by atomic mass is 10.2. The first-order chi connectivity index (χ1) is 9.74. The molecule has 3 aromatic rings. The summed E-state index contributed by atoms with van der Waals surface area (Å²) in [5.41, 5.74) is 2.26. The number of fused-ring (bicyclic) bond motifs is 5. The van der Waals surface area contributed by atoms with Gasteiger partial charge in [-0.25, -0.2) is 9.97 Å². The summed E-state index contributed by atoms with van der Waals surface area (Å²) < 4.78 is 1.73. The van der Waals surface area contributed by atoms with E-state index >= 15 is 0 Å². The molecule has 1 atom stereocenters. The van der Waals surface area contributed by atoms with Crippen molar-refractivity contribution in [3.63, 3.8) is 0 Å². The van der Waals surface area contributed by atoms with E-state index in [9.17, 15) is 5.11 Å². The fourth-order valence-electron chi connectivity index (χ4n) is 2.76. The summed E-state index contributed by atoms with van der Waals surface area (Å²) in [6.45, 7) is 2.18. The fourth-order valence-corrected chi connectivity index (χ4v) is 4.02. The van der Waals surface area contributed by atoms with Crippen LogP contribution >= 0.6 is 11.3 Å². The van der Waals surface area contributed by atoms with Crippen LogP contribution in [0.2, 0.25) is 0 Å². The Morgan fingerprint density at radius 2 is 2.40 bits per heavy atom. The van der Waals surface area contributed by atoms with Gasteiger partial charge in [-0.05, 0) is 31.7 Å². The lowest BCUT2D eigenvalue weighted by Gasteiger charge is -2.09. The van der Waals surface area contributed by atoms with Crippen molar-refractivity contribution >= 4 is 33.1 Å². The minimum Gasteiger partial charge on any atom is -0.392 e. The van der Waals surface area contributed by atoms with Crippen molar-refractivity contribution in [1.82, 2.24) is 19.6 Å². The Morgan fingerprint density at radius 3 is 3.25 bits per heavy atom. The molecule has 3 aromatic heterocycles. The molecule has 0 amide bonds. The Morgan fingerprint density at radius 1 is 1.50 bits per heavy atom. The van der Waals surface area contributed by atoms with Gasteiger partial charge in [0.1, 0.15) is 11.2 Å².